The normalized spacial score (nSPS) is 17.2. The Labute approximate surface area is 197 Å². The highest BCUT2D eigenvalue weighted by atomic mass is 35.5. The molecule has 0 saturated carbocycles. The van der Waals surface area contributed by atoms with Crippen LogP contribution in [0.2, 0.25) is 5.02 Å². The summed E-state index contributed by atoms with van der Waals surface area (Å²) in [6.07, 6.45) is 1.44. The molecular weight excluding hydrogens is 470 g/mol. The van der Waals surface area contributed by atoms with Crippen molar-refractivity contribution in [3.63, 3.8) is 0 Å². The van der Waals surface area contributed by atoms with E-state index in [9.17, 15) is 23.5 Å². The second kappa shape index (κ2) is 9.11. The fourth-order valence-electron chi connectivity index (χ4n) is 3.74. The lowest BCUT2D eigenvalue weighted by atomic mass is 9.97. The van der Waals surface area contributed by atoms with E-state index in [0.29, 0.717) is 0 Å². The van der Waals surface area contributed by atoms with E-state index in [4.69, 9.17) is 21.1 Å². The molecule has 0 bridgehead atoms. The molecule has 1 unspecified atom stereocenters. The van der Waals surface area contributed by atoms with Crippen LogP contribution in [0.4, 0.5) is 14.5 Å². The van der Waals surface area contributed by atoms with E-state index in [2.05, 4.69) is 4.98 Å². The molecule has 1 aromatic heterocycles. The minimum absolute atomic E-state index is 0.0255. The lowest BCUT2D eigenvalue weighted by molar-refractivity contribution is -0.132. The number of benzene rings is 2. The van der Waals surface area contributed by atoms with Crippen molar-refractivity contribution in [2.24, 2.45) is 0 Å². The maximum Gasteiger partial charge on any atom is 0.300 e. The number of nitrogens with zero attached hydrogens (tertiary/aromatic N) is 2. The quantitative estimate of drug-likeness (QED) is 0.320. The number of amides is 1. The molecule has 0 aliphatic carbocycles. The molecule has 2 aromatic carbocycles. The molecule has 1 amide bonds. The Kier molecular flexibility index (Phi) is 6.21. The average Bonchev–Trinajstić information content (AvgIpc) is 3.11. The minimum atomic E-state index is -1.24. The average molecular weight is 487 g/mol. The van der Waals surface area contributed by atoms with Crippen LogP contribution in [0.1, 0.15) is 17.3 Å². The summed E-state index contributed by atoms with van der Waals surface area (Å²) in [5.74, 6) is -4.62. The summed E-state index contributed by atoms with van der Waals surface area (Å²) in [4.78, 5) is 31.4. The van der Waals surface area contributed by atoms with Crippen molar-refractivity contribution in [2.45, 2.75) is 6.04 Å². The minimum Gasteiger partial charge on any atom is -0.507 e. The van der Waals surface area contributed by atoms with Gasteiger partial charge in [0, 0.05) is 24.0 Å². The lowest BCUT2D eigenvalue weighted by Gasteiger charge is -2.24. The van der Waals surface area contributed by atoms with Crippen LogP contribution in [-0.4, -0.2) is 36.0 Å². The van der Waals surface area contributed by atoms with Crippen molar-refractivity contribution < 1.29 is 33.0 Å². The zero-order valence-corrected chi connectivity index (χ0v) is 18.6. The molecule has 1 atom stereocenters. The van der Waals surface area contributed by atoms with Gasteiger partial charge in [-0.1, -0.05) is 17.7 Å². The van der Waals surface area contributed by atoms with E-state index in [1.54, 1.807) is 12.1 Å². The molecule has 1 aliphatic rings. The number of hydrogen-bond donors (Lipinski definition) is 1. The topological polar surface area (TPSA) is 89.0 Å². The zero-order valence-electron chi connectivity index (χ0n) is 17.9. The third-order valence-corrected chi connectivity index (χ3v) is 5.62. The van der Waals surface area contributed by atoms with Gasteiger partial charge in [-0.05, 0) is 30.3 Å². The molecule has 1 N–H and O–H groups in total. The summed E-state index contributed by atoms with van der Waals surface area (Å²) in [6.45, 7) is 0. The van der Waals surface area contributed by atoms with Gasteiger partial charge in [-0.15, -0.1) is 0 Å². The van der Waals surface area contributed by atoms with Gasteiger partial charge in [-0.3, -0.25) is 19.5 Å². The van der Waals surface area contributed by atoms with Crippen LogP contribution in [0.15, 0.2) is 60.3 Å². The summed E-state index contributed by atoms with van der Waals surface area (Å²) < 4.78 is 38.0. The fraction of sp³-hybridized carbons (Fsp3) is 0.125. The Morgan fingerprint density at radius 2 is 1.76 bits per heavy atom. The van der Waals surface area contributed by atoms with Crippen LogP contribution in [0.25, 0.3) is 5.76 Å². The number of Topliss-reactive ketones (excluding diaryl/α,β-unsaturated/α-hetero) is 1. The fourth-order valence-corrected chi connectivity index (χ4v) is 3.98. The third kappa shape index (κ3) is 3.84. The van der Waals surface area contributed by atoms with Crippen molar-refractivity contribution in [1.82, 2.24) is 4.98 Å². The van der Waals surface area contributed by atoms with Crippen LogP contribution in [0.5, 0.6) is 11.5 Å². The maximum absolute atomic E-state index is 14.0. The Balaban J connectivity index is 1.98. The highest BCUT2D eigenvalue weighted by Gasteiger charge is 2.48. The number of aliphatic hydroxyl groups is 1. The predicted octanol–water partition coefficient (Wildman–Crippen LogP) is 4.66. The molecule has 3 aromatic rings. The first kappa shape index (κ1) is 23.2. The Bertz CT molecular complexity index is 1330. The van der Waals surface area contributed by atoms with E-state index in [1.165, 1.54) is 38.6 Å². The molecular formula is C24H17ClF2N2O5. The lowest BCUT2D eigenvalue weighted by Crippen LogP contribution is -2.30. The first-order valence-corrected chi connectivity index (χ1v) is 10.2. The van der Waals surface area contributed by atoms with Crippen LogP contribution >= 0.6 is 11.6 Å². The Morgan fingerprint density at radius 1 is 1.03 bits per heavy atom. The van der Waals surface area contributed by atoms with Crippen molar-refractivity contribution in [3.8, 4) is 11.5 Å². The maximum atomic E-state index is 14.0. The van der Waals surface area contributed by atoms with Gasteiger partial charge in [0.15, 0.2) is 11.6 Å². The number of halogens is 3. The number of methoxy groups -OCH3 is 2. The second-order valence-electron chi connectivity index (χ2n) is 7.21. The van der Waals surface area contributed by atoms with Crippen molar-refractivity contribution >= 4 is 34.7 Å². The van der Waals surface area contributed by atoms with Crippen LogP contribution in [0.3, 0.4) is 0 Å². The molecule has 7 nitrogen and oxygen atoms in total. The first-order valence-electron chi connectivity index (χ1n) is 9.87. The Hall–Kier alpha value is -3.98. The summed E-state index contributed by atoms with van der Waals surface area (Å²) in [5.41, 5.74) is -0.174. The number of aliphatic hydroxyl groups excluding tert-OH is 1. The van der Waals surface area contributed by atoms with E-state index < -0.39 is 35.1 Å². The molecule has 34 heavy (non-hydrogen) atoms. The van der Waals surface area contributed by atoms with Crippen molar-refractivity contribution in [2.75, 3.05) is 19.1 Å². The van der Waals surface area contributed by atoms with Gasteiger partial charge >= 0.3 is 0 Å². The second-order valence-corrected chi connectivity index (χ2v) is 7.62. The SMILES string of the molecule is COc1cc(OC)c(/C(O)=C2\C(=O)C(=O)N(c3ccc(F)c(F)c3)C2c2ccccn2)cc1Cl. The van der Waals surface area contributed by atoms with Gasteiger partial charge in [-0.2, -0.15) is 0 Å². The van der Waals surface area contributed by atoms with Gasteiger partial charge in [0.1, 0.15) is 23.3 Å². The molecule has 174 valence electrons. The smallest absolute Gasteiger partial charge is 0.300 e. The monoisotopic (exact) mass is 486 g/mol. The molecule has 1 fully saturated rings. The van der Waals surface area contributed by atoms with Gasteiger partial charge in [0.2, 0.25) is 0 Å². The zero-order chi connectivity index (χ0) is 24.6. The number of anilines is 1. The van der Waals surface area contributed by atoms with Crippen LogP contribution in [0, 0.1) is 11.6 Å². The predicted molar refractivity (Wildman–Crippen MR) is 120 cm³/mol. The number of ether oxygens (including phenoxy) is 2. The standard InChI is InChI=1S/C24H17ClF2N2O5/c1-33-18-11-19(34-2)14(25)10-13(18)22(30)20-21(17-5-3-4-8-28-17)29(24(32)23(20)31)12-6-7-15(26)16(27)9-12/h3-11,21,30H,1-2H3/b22-20+. The molecule has 2 heterocycles. The summed E-state index contributed by atoms with van der Waals surface area (Å²) in [6, 6.07) is 9.08. The highest BCUT2D eigenvalue weighted by Crippen LogP contribution is 2.44. The largest absolute Gasteiger partial charge is 0.507 e. The molecule has 10 heteroatoms. The van der Waals surface area contributed by atoms with Gasteiger partial charge in [-0.25, -0.2) is 8.78 Å². The number of hydrogen-bond acceptors (Lipinski definition) is 6. The number of pyridine rings is 1. The number of carbonyl (C=O) groups is 2. The van der Waals surface area contributed by atoms with E-state index in [-0.39, 0.29) is 39.0 Å². The molecule has 1 aliphatic heterocycles. The van der Waals surface area contributed by atoms with Gasteiger partial charge < -0.3 is 14.6 Å². The van der Waals surface area contributed by atoms with Crippen molar-refractivity contribution in [1.29, 1.82) is 0 Å². The molecule has 1 saturated heterocycles. The summed E-state index contributed by atoms with van der Waals surface area (Å²) >= 11 is 6.22. The van der Waals surface area contributed by atoms with E-state index >= 15 is 0 Å². The third-order valence-electron chi connectivity index (χ3n) is 5.32. The van der Waals surface area contributed by atoms with Crippen molar-refractivity contribution in [3.05, 3.63) is 88.2 Å². The van der Waals surface area contributed by atoms with Gasteiger partial charge in [0.05, 0.1) is 36.1 Å². The van der Waals surface area contributed by atoms with Crippen LogP contribution in [-0.2, 0) is 9.59 Å². The Morgan fingerprint density at radius 3 is 2.38 bits per heavy atom. The highest BCUT2D eigenvalue weighted by molar-refractivity contribution is 6.51. The first-order chi connectivity index (χ1) is 16.3. The summed E-state index contributed by atoms with van der Waals surface area (Å²) in [5, 5.41) is 11.4. The molecule has 4 rings (SSSR count). The number of carbonyl (C=O) groups excluding carboxylic acids is 2. The molecule has 0 radical (unpaired) electrons. The van der Waals surface area contributed by atoms with E-state index in [0.717, 1.165) is 23.1 Å². The number of aromatic nitrogens is 1. The van der Waals surface area contributed by atoms with E-state index in [1.807, 2.05) is 0 Å². The number of rotatable bonds is 5. The van der Waals surface area contributed by atoms with Gasteiger partial charge in [0.25, 0.3) is 11.7 Å². The number of ketones is 1. The van der Waals surface area contributed by atoms with Crippen LogP contribution < -0.4 is 14.4 Å². The summed E-state index contributed by atoms with van der Waals surface area (Å²) in [7, 11) is 2.74. The molecule has 0 spiro atoms.